The number of carboxylic acids is 1. The van der Waals surface area contributed by atoms with E-state index in [0.29, 0.717) is 6.42 Å². The fraction of sp³-hybridized carbons (Fsp3) is 0.727. The molecule has 0 heterocycles. The predicted molar refractivity (Wildman–Crippen MR) is 66.1 cm³/mol. The van der Waals surface area contributed by atoms with E-state index in [-0.39, 0.29) is 24.9 Å². The molecule has 0 bridgehead atoms. The Morgan fingerprint density at radius 3 is 2.22 bits per heavy atom. The first-order valence-corrected chi connectivity index (χ1v) is 5.93. The fourth-order valence-corrected chi connectivity index (χ4v) is 1.23. The summed E-state index contributed by atoms with van der Waals surface area (Å²) in [5.74, 6) is -1.24. The highest BCUT2D eigenvalue weighted by Crippen LogP contribution is 1.90. The summed E-state index contributed by atoms with van der Waals surface area (Å²) in [6, 6.07) is -1.43. The molecule has 0 saturated heterocycles. The molecule has 0 spiro atoms. The van der Waals surface area contributed by atoms with Gasteiger partial charge in [0.15, 0.2) is 0 Å². The SMILES string of the molecule is CC[C@@H](NC(=O)NCCC(=O)NC(C)C)C(=O)O. The second-order valence-electron chi connectivity index (χ2n) is 4.17. The van der Waals surface area contributed by atoms with E-state index in [1.54, 1.807) is 6.92 Å². The van der Waals surface area contributed by atoms with Gasteiger partial charge in [0.2, 0.25) is 5.91 Å². The number of hydrogen-bond acceptors (Lipinski definition) is 3. The molecule has 4 N–H and O–H groups in total. The molecular formula is C11H21N3O4. The van der Waals surface area contributed by atoms with Gasteiger partial charge in [0.1, 0.15) is 6.04 Å². The van der Waals surface area contributed by atoms with Gasteiger partial charge in [-0.25, -0.2) is 9.59 Å². The molecule has 7 nitrogen and oxygen atoms in total. The molecule has 0 aromatic rings. The number of carboxylic acid groups (broad SMARTS) is 1. The van der Waals surface area contributed by atoms with Gasteiger partial charge >= 0.3 is 12.0 Å². The van der Waals surface area contributed by atoms with Gasteiger partial charge in [-0.15, -0.1) is 0 Å². The summed E-state index contributed by atoms with van der Waals surface area (Å²) >= 11 is 0. The smallest absolute Gasteiger partial charge is 0.326 e. The van der Waals surface area contributed by atoms with Crippen LogP contribution in [0.25, 0.3) is 0 Å². The van der Waals surface area contributed by atoms with E-state index in [1.165, 1.54) is 0 Å². The Balaban J connectivity index is 3.83. The Morgan fingerprint density at radius 1 is 1.17 bits per heavy atom. The van der Waals surface area contributed by atoms with Crippen molar-refractivity contribution < 1.29 is 19.5 Å². The molecule has 0 aliphatic rings. The van der Waals surface area contributed by atoms with Crippen LogP contribution in [0, 0.1) is 0 Å². The van der Waals surface area contributed by atoms with Crippen LogP contribution in [0.5, 0.6) is 0 Å². The maximum atomic E-state index is 11.3. The Hall–Kier alpha value is -1.79. The Bertz CT molecular complexity index is 305. The van der Waals surface area contributed by atoms with E-state index >= 15 is 0 Å². The Morgan fingerprint density at radius 2 is 1.78 bits per heavy atom. The van der Waals surface area contributed by atoms with Gasteiger partial charge in [0, 0.05) is 19.0 Å². The molecule has 0 aliphatic heterocycles. The topological polar surface area (TPSA) is 108 Å². The van der Waals surface area contributed by atoms with Crippen LogP contribution in [-0.2, 0) is 9.59 Å². The summed E-state index contributed by atoms with van der Waals surface area (Å²) in [6.07, 6.45) is 0.464. The Labute approximate surface area is 106 Å². The van der Waals surface area contributed by atoms with Crippen molar-refractivity contribution in [3.8, 4) is 0 Å². The molecule has 0 rings (SSSR count). The van der Waals surface area contributed by atoms with E-state index in [2.05, 4.69) is 16.0 Å². The van der Waals surface area contributed by atoms with Crippen molar-refractivity contribution >= 4 is 17.9 Å². The predicted octanol–water partition coefficient (Wildman–Crippen LogP) is 0.0635. The van der Waals surface area contributed by atoms with Gasteiger partial charge in [-0.2, -0.15) is 0 Å². The van der Waals surface area contributed by atoms with Crippen molar-refractivity contribution in [1.82, 2.24) is 16.0 Å². The minimum Gasteiger partial charge on any atom is -0.480 e. The number of aliphatic carboxylic acids is 1. The van der Waals surface area contributed by atoms with Crippen LogP contribution in [0.2, 0.25) is 0 Å². The molecule has 0 aliphatic carbocycles. The normalized spacial score (nSPS) is 11.8. The molecule has 3 amide bonds. The number of carbonyl (C=O) groups is 3. The maximum Gasteiger partial charge on any atom is 0.326 e. The summed E-state index contributed by atoms with van der Waals surface area (Å²) in [5, 5.41) is 16.1. The third-order valence-electron chi connectivity index (χ3n) is 2.10. The molecule has 0 aromatic carbocycles. The average Bonchev–Trinajstić information content (AvgIpc) is 2.24. The zero-order valence-electron chi connectivity index (χ0n) is 10.9. The third-order valence-corrected chi connectivity index (χ3v) is 2.10. The molecule has 0 radical (unpaired) electrons. The van der Waals surface area contributed by atoms with Crippen LogP contribution in [0.15, 0.2) is 0 Å². The number of nitrogens with one attached hydrogen (secondary N) is 3. The van der Waals surface area contributed by atoms with E-state index in [4.69, 9.17) is 5.11 Å². The van der Waals surface area contributed by atoms with Gasteiger partial charge in [-0.05, 0) is 20.3 Å². The second-order valence-corrected chi connectivity index (χ2v) is 4.17. The van der Waals surface area contributed by atoms with Gasteiger partial charge < -0.3 is 21.1 Å². The molecule has 0 fully saturated rings. The molecule has 104 valence electrons. The van der Waals surface area contributed by atoms with E-state index in [1.807, 2.05) is 13.8 Å². The van der Waals surface area contributed by atoms with Crippen molar-refractivity contribution in [3.63, 3.8) is 0 Å². The first kappa shape index (κ1) is 16.2. The Kier molecular flexibility index (Phi) is 7.50. The summed E-state index contributed by atoms with van der Waals surface area (Å²) < 4.78 is 0. The summed E-state index contributed by atoms with van der Waals surface area (Å²) in [5.41, 5.74) is 0. The van der Waals surface area contributed by atoms with Crippen LogP contribution < -0.4 is 16.0 Å². The van der Waals surface area contributed by atoms with Crippen molar-refractivity contribution in [1.29, 1.82) is 0 Å². The number of amides is 3. The molecule has 0 aromatic heterocycles. The number of rotatable bonds is 7. The van der Waals surface area contributed by atoms with Crippen molar-refractivity contribution in [2.24, 2.45) is 0 Å². The zero-order chi connectivity index (χ0) is 14.1. The molecule has 0 unspecified atom stereocenters. The standard InChI is InChI=1S/C11H21N3O4/c1-4-8(10(16)17)14-11(18)12-6-5-9(15)13-7(2)3/h7-8H,4-6H2,1-3H3,(H,13,15)(H,16,17)(H2,12,14,18)/t8-/m1/s1. The van der Waals surface area contributed by atoms with E-state index in [9.17, 15) is 14.4 Å². The lowest BCUT2D eigenvalue weighted by atomic mass is 10.2. The van der Waals surface area contributed by atoms with E-state index < -0.39 is 18.0 Å². The van der Waals surface area contributed by atoms with Crippen molar-refractivity contribution in [2.75, 3.05) is 6.54 Å². The minimum atomic E-state index is -1.08. The third kappa shape index (κ3) is 7.48. The summed E-state index contributed by atoms with van der Waals surface area (Å²) in [6.45, 7) is 5.52. The summed E-state index contributed by atoms with van der Waals surface area (Å²) in [4.78, 5) is 33.2. The highest BCUT2D eigenvalue weighted by Gasteiger charge is 2.17. The highest BCUT2D eigenvalue weighted by atomic mass is 16.4. The minimum absolute atomic E-state index is 0.0582. The van der Waals surface area contributed by atoms with Crippen molar-refractivity contribution in [3.05, 3.63) is 0 Å². The molecule has 1 atom stereocenters. The number of hydrogen-bond donors (Lipinski definition) is 4. The second kappa shape index (κ2) is 8.32. The lowest BCUT2D eigenvalue weighted by Crippen LogP contribution is -2.46. The average molecular weight is 259 g/mol. The molecule has 7 heteroatoms. The van der Waals surface area contributed by atoms with Crippen molar-refractivity contribution in [2.45, 2.75) is 45.7 Å². The molecule has 18 heavy (non-hydrogen) atoms. The molecular weight excluding hydrogens is 238 g/mol. The largest absolute Gasteiger partial charge is 0.480 e. The zero-order valence-corrected chi connectivity index (χ0v) is 10.9. The lowest BCUT2D eigenvalue weighted by molar-refractivity contribution is -0.139. The van der Waals surface area contributed by atoms with Crippen LogP contribution >= 0.6 is 0 Å². The molecule has 0 saturated carbocycles. The lowest BCUT2D eigenvalue weighted by Gasteiger charge is -2.13. The maximum absolute atomic E-state index is 11.3. The van der Waals surface area contributed by atoms with Crippen LogP contribution in [0.3, 0.4) is 0 Å². The van der Waals surface area contributed by atoms with E-state index in [0.717, 1.165) is 0 Å². The van der Waals surface area contributed by atoms with Crippen LogP contribution in [0.4, 0.5) is 4.79 Å². The number of carbonyl (C=O) groups excluding carboxylic acids is 2. The van der Waals surface area contributed by atoms with Gasteiger partial charge in [-0.1, -0.05) is 6.92 Å². The monoisotopic (exact) mass is 259 g/mol. The van der Waals surface area contributed by atoms with Gasteiger partial charge in [-0.3, -0.25) is 4.79 Å². The quantitative estimate of drug-likeness (QED) is 0.518. The first-order valence-electron chi connectivity index (χ1n) is 5.93. The van der Waals surface area contributed by atoms with Crippen LogP contribution in [0.1, 0.15) is 33.6 Å². The highest BCUT2D eigenvalue weighted by molar-refractivity contribution is 5.83. The van der Waals surface area contributed by atoms with Crippen LogP contribution in [-0.4, -0.2) is 41.6 Å². The fourth-order valence-electron chi connectivity index (χ4n) is 1.23. The summed E-state index contributed by atoms with van der Waals surface area (Å²) in [7, 11) is 0. The van der Waals surface area contributed by atoms with Gasteiger partial charge in [0.25, 0.3) is 0 Å². The first-order chi connectivity index (χ1) is 8.36. The number of urea groups is 1. The van der Waals surface area contributed by atoms with Gasteiger partial charge in [0.05, 0.1) is 0 Å².